The normalized spacial score (nSPS) is 20.1. The molecule has 0 aromatic heterocycles. The molecule has 2 aromatic carbocycles. The molecule has 2 aromatic rings. The molecule has 3 aliphatic rings. The van der Waals surface area contributed by atoms with Gasteiger partial charge in [0.25, 0.3) is 0 Å². The first-order valence-electron chi connectivity index (χ1n) is 11.2. The number of fused-ring (bicyclic) bond motifs is 3. The summed E-state index contributed by atoms with van der Waals surface area (Å²) < 4.78 is 0. The van der Waals surface area contributed by atoms with E-state index in [-0.39, 0.29) is 10.8 Å². The van der Waals surface area contributed by atoms with Gasteiger partial charge in [-0.3, -0.25) is 0 Å². The Morgan fingerprint density at radius 3 is 2.32 bits per heavy atom. The quantitative estimate of drug-likeness (QED) is 0.542. The molecule has 0 spiro atoms. The third kappa shape index (κ3) is 2.76. The third-order valence-electron chi connectivity index (χ3n) is 7.55. The van der Waals surface area contributed by atoms with E-state index in [1.54, 1.807) is 0 Å². The van der Waals surface area contributed by atoms with Gasteiger partial charge in [0, 0.05) is 22.2 Å². The van der Waals surface area contributed by atoms with Gasteiger partial charge in [-0.25, -0.2) is 0 Å². The number of hydrogen-bond acceptors (Lipinski definition) is 1. The molecule has 5 rings (SSSR count). The predicted molar refractivity (Wildman–Crippen MR) is 133 cm³/mol. The molecule has 31 heavy (non-hydrogen) atoms. The van der Waals surface area contributed by atoms with Gasteiger partial charge < -0.3 is 5.32 Å². The molecule has 1 nitrogen and oxygen atoms in total. The highest BCUT2D eigenvalue weighted by Crippen LogP contribution is 2.52. The van der Waals surface area contributed by atoms with Crippen molar-refractivity contribution in [3.8, 4) is 11.1 Å². The van der Waals surface area contributed by atoms with E-state index in [0.717, 1.165) is 12.8 Å². The molecule has 0 bridgehead atoms. The minimum atomic E-state index is -0.0322. The summed E-state index contributed by atoms with van der Waals surface area (Å²) in [5, 5.41) is 3.75. The van der Waals surface area contributed by atoms with Crippen LogP contribution in [0.15, 0.2) is 102 Å². The van der Waals surface area contributed by atoms with Gasteiger partial charge in [-0.1, -0.05) is 83.3 Å². The van der Waals surface area contributed by atoms with Gasteiger partial charge in [-0.2, -0.15) is 0 Å². The van der Waals surface area contributed by atoms with E-state index in [1.165, 1.54) is 55.9 Å². The predicted octanol–water partition coefficient (Wildman–Crippen LogP) is 8.09. The molecule has 0 heterocycles. The van der Waals surface area contributed by atoms with Gasteiger partial charge >= 0.3 is 0 Å². The van der Waals surface area contributed by atoms with Crippen LogP contribution in [0.25, 0.3) is 11.1 Å². The van der Waals surface area contributed by atoms with Gasteiger partial charge in [-0.15, -0.1) is 0 Å². The van der Waals surface area contributed by atoms with Crippen LogP contribution in [0, 0.1) is 5.41 Å². The highest BCUT2D eigenvalue weighted by molar-refractivity contribution is 5.82. The lowest BCUT2D eigenvalue weighted by Gasteiger charge is -2.27. The Hall–Kier alpha value is -3.06. The molecule has 0 fully saturated rings. The number of anilines is 1. The summed E-state index contributed by atoms with van der Waals surface area (Å²) in [5.74, 6) is 0. The number of allylic oxidation sites excluding steroid dienone is 8. The molecule has 0 unspecified atom stereocenters. The van der Waals surface area contributed by atoms with E-state index in [2.05, 4.69) is 94.7 Å². The summed E-state index contributed by atoms with van der Waals surface area (Å²) in [6.45, 7) is 17.4. The van der Waals surface area contributed by atoms with Crippen molar-refractivity contribution in [2.75, 3.05) is 5.32 Å². The number of rotatable bonds is 4. The van der Waals surface area contributed by atoms with Gasteiger partial charge in [0.1, 0.15) is 0 Å². The van der Waals surface area contributed by atoms with Crippen LogP contribution in [-0.2, 0) is 5.41 Å². The second kappa shape index (κ2) is 6.72. The average molecular weight is 406 g/mol. The first kappa shape index (κ1) is 19.9. The first-order chi connectivity index (χ1) is 14.8. The van der Waals surface area contributed by atoms with Crippen molar-refractivity contribution in [3.63, 3.8) is 0 Å². The zero-order chi connectivity index (χ0) is 22.0. The molecular formula is C30H31N. The Labute approximate surface area is 186 Å². The lowest BCUT2D eigenvalue weighted by Crippen LogP contribution is -2.16. The van der Waals surface area contributed by atoms with Crippen molar-refractivity contribution in [1.29, 1.82) is 0 Å². The third-order valence-corrected chi connectivity index (χ3v) is 7.55. The highest BCUT2D eigenvalue weighted by Gasteiger charge is 2.38. The number of benzene rings is 2. The zero-order valence-corrected chi connectivity index (χ0v) is 19.1. The standard InChI is InChI=1S/C30H31N/c1-7-21-23-15-13-19(17-27(23)29(3,4)25(21)8-2)31-20-14-16-24-22-11-9-10-12-26(22)30(5,6)28(24)18-20/h7-12,14,16-18,31H,1-2,13,15H2,3-6H3. The van der Waals surface area contributed by atoms with Crippen molar-refractivity contribution in [1.82, 2.24) is 0 Å². The van der Waals surface area contributed by atoms with Crippen LogP contribution in [0.4, 0.5) is 5.69 Å². The van der Waals surface area contributed by atoms with Gasteiger partial charge in [-0.05, 0) is 75.6 Å². The Bertz CT molecular complexity index is 1230. The van der Waals surface area contributed by atoms with Crippen molar-refractivity contribution < 1.29 is 0 Å². The van der Waals surface area contributed by atoms with Crippen LogP contribution in [0.3, 0.4) is 0 Å². The van der Waals surface area contributed by atoms with Crippen molar-refractivity contribution in [2.45, 2.75) is 46.0 Å². The van der Waals surface area contributed by atoms with Crippen LogP contribution < -0.4 is 5.32 Å². The maximum atomic E-state index is 4.08. The highest BCUT2D eigenvalue weighted by atomic mass is 14.9. The van der Waals surface area contributed by atoms with Gasteiger partial charge in [0.15, 0.2) is 0 Å². The zero-order valence-electron chi connectivity index (χ0n) is 19.1. The summed E-state index contributed by atoms with van der Waals surface area (Å²) in [4.78, 5) is 0. The van der Waals surface area contributed by atoms with Crippen LogP contribution >= 0.6 is 0 Å². The fourth-order valence-electron chi connectivity index (χ4n) is 5.87. The van der Waals surface area contributed by atoms with Gasteiger partial charge in [0.05, 0.1) is 0 Å². The van der Waals surface area contributed by atoms with E-state index in [9.17, 15) is 0 Å². The molecule has 1 N–H and O–H groups in total. The molecule has 0 saturated heterocycles. The van der Waals surface area contributed by atoms with E-state index < -0.39 is 0 Å². The van der Waals surface area contributed by atoms with E-state index in [1.807, 2.05) is 12.2 Å². The Morgan fingerprint density at radius 2 is 1.58 bits per heavy atom. The van der Waals surface area contributed by atoms with Crippen molar-refractivity contribution >= 4 is 5.69 Å². The molecule has 0 radical (unpaired) electrons. The van der Waals surface area contributed by atoms with Crippen molar-refractivity contribution in [2.24, 2.45) is 5.41 Å². The van der Waals surface area contributed by atoms with Crippen LogP contribution in [0.1, 0.15) is 51.7 Å². The maximum absolute atomic E-state index is 4.08. The molecule has 0 aliphatic heterocycles. The maximum Gasteiger partial charge on any atom is 0.0385 e. The number of nitrogens with one attached hydrogen (secondary N) is 1. The van der Waals surface area contributed by atoms with Crippen LogP contribution in [0.5, 0.6) is 0 Å². The molecule has 3 aliphatic carbocycles. The Balaban J connectivity index is 1.49. The van der Waals surface area contributed by atoms with E-state index in [4.69, 9.17) is 0 Å². The van der Waals surface area contributed by atoms with Crippen LogP contribution in [0.2, 0.25) is 0 Å². The summed E-state index contributed by atoms with van der Waals surface area (Å²) in [7, 11) is 0. The van der Waals surface area contributed by atoms with Gasteiger partial charge in [0.2, 0.25) is 0 Å². The summed E-state index contributed by atoms with van der Waals surface area (Å²) >= 11 is 0. The van der Waals surface area contributed by atoms with E-state index >= 15 is 0 Å². The molecule has 1 heteroatoms. The molecule has 156 valence electrons. The molecular weight excluding hydrogens is 374 g/mol. The Kier molecular flexibility index (Phi) is 4.31. The lowest BCUT2D eigenvalue weighted by atomic mass is 9.78. The lowest BCUT2D eigenvalue weighted by molar-refractivity contribution is 0.570. The number of hydrogen-bond donors (Lipinski definition) is 1. The first-order valence-corrected chi connectivity index (χ1v) is 11.2. The summed E-state index contributed by atoms with van der Waals surface area (Å²) in [6, 6.07) is 15.7. The van der Waals surface area contributed by atoms with E-state index in [0.29, 0.717) is 0 Å². The smallest absolute Gasteiger partial charge is 0.0385 e. The van der Waals surface area contributed by atoms with Crippen LogP contribution in [-0.4, -0.2) is 0 Å². The molecule has 0 atom stereocenters. The Morgan fingerprint density at radius 1 is 0.839 bits per heavy atom. The minimum Gasteiger partial charge on any atom is -0.359 e. The fraction of sp³-hybridized carbons (Fsp3) is 0.267. The molecule has 0 saturated carbocycles. The SMILES string of the molecule is C=CC1=C(C=C)C(C)(C)C2=C1CCC(Nc1ccc3c(c1)C(C)(C)c1ccccc1-3)=C2. The van der Waals surface area contributed by atoms with Crippen molar-refractivity contribution in [3.05, 3.63) is 113 Å². The summed E-state index contributed by atoms with van der Waals surface area (Å²) in [6.07, 6.45) is 8.44. The molecule has 0 amide bonds. The fourth-order valence-corrected chi connectivity index (χ4v) is 5.87. The summed E-state index contributed by atoms with van der Waals surface area (Å²) in [5.41, 5.74) is 13.4. The average Bonchev–Trinajstić information content (AvgIpc) is 3.12. The minimum absolute atomic E-state index is 0.0232. The second-order valence-corrected chi connectivity index (χ2v) is 9.98. The topological polar surface area (TPSA) is 12.0 Å². The second-order valence-electron chi connectivity index (χ2n) is 9.98. The monoisotopic (exact) mass is 405 g/mol. The largest absolute Gasteiger partial charge is 0.359 e.